The minimum Gasteiger partial charge on any atom is -0.455 e. The maximum atomic E-state index is 6.74. The summed E-state index contributed by atoms with van der Waals surface area (Å²) in [5.74, 6) is 1.86. The van der Waals surface area contributed by atoms with Crippen molar-refractivity contribution in [3.05, 3.63) is 188 Å². The van der Waals surface area contributed by atoms with Crippen molar-refractivity contribution in [3.8, 4) is 67.5 Å². The van der Waals surface area contributed by atoms with E-state index in [1.54, 1.807) is 0 Å². The van der Waals surface area contributed by atoms with Gasteiger partial charge in [0.1, 0.15) is 11.2 Å². The molecule has 0 atom stereocenters. The molecule has 0 N–H and O–H groups in total. The van der Waals surface area contributed by atoms with Gasteiger partial charge in [0.25, 0.3) is 0 Å². The third-order valence-electron chi connectivity index (χ3n) is 9.93. The van der Waals surface area contributed by atoms with Gasteiger partial charge in [0.2, 0.25) is 0 Å². The van der Waals surface area contributed by atoms with Crippen LogP contribution in [0.15, 0.2) is 192 Å². The molecule has 0 saturated carbocycles. The predicted molar refractivity (Wildman–Crippen MR) is 217 cm³/mol. The van der Waals surface area contributed by atoms with Crippen LogP contribution in [0, 0.1) is 0 Å². The monoisotopic (exact) mass is 677 g/mol. The Bertz CT molecular complexity index is 2930. The molecule has 0 radical (unpaired) electrons. The van der Waals surface area contributed by atoms with Crippen molar-refractivity contribution in [2.24, 2.45) is 0 Å². The van der Waals surface area contributed by atoms with E-state index in [1.165, 1.54) is 16.3 Å². The first-order valence-corrected chi connectivity index (χ1v) is 17.8. The maximum absolute atomic E-state index is 6.74. The summed E-state index contributed by atoms with van der Waals surface area (Å²) in [7, 11) is 0. The normalized spacial score (nSPS) is 11.4. The molecule has 4 nitrogen and oxygen atoms in total. The fourth-order valence-corrected chi connectivity index (χ4v) is 7.25. The Morgan fingerprint density at radius 2 is 0.755 bits per heavy atom. The van der Waals surface area contributed by atoms with E-state index in [4.69, 9.17) is 19.4 Å². The van der Waals surface area contributed by atoms with E-state index >= 15 is 0 Å². The molecule has 0 unspecified atom stereocenters. The molecule has 0 aliphatic rings. The van der Waals surface area contributed by atoms with Crippen LogP contribution in [0.1, 0.15) is 0 Å². The molecule has 10 rings (SSSR count). The van der Waals surface area contributed by atoms with Gasteiger partial charge in [-0.15, -0.1) is 0 Å². The molecule has 0 fully saturated rings. The molecular weight excluding hydrogens is 647 g/mol. The van der Waals surface area contributed by atoms with Gasteiger partial charge in [-0.25, -0.2) is 15.0 Å². The Labute approximate surface area is 306 Å². The Hall–Kier alpha value is -7.17. The SMILES string of the molecule is c1ccc(-c2nc(-c3ccc(-c4ccc5ccccc5c4)cc3)nc(-c3cccc(-c4cccc5c4oc4c(-c6ccccc6)cccc45)c3)n2)cc1. The number of fused-ring (bicyclic) bond motifs is 4. The smallest absolute Gasteiger partial charge is 0.164 e. The first-order valence-electron chi connectivity index (χ1n) is 17.8. The van der Waals surface area contributed by atoms with Gasteiger partial charge in [0.05, 0.1) is 0 Å². The summed E-state index contributed by atoms with van der Waals surface area (Å²) in [6.45, 7) is 0. The van der Waals surface area contributed by atoms with Gasteiger partial charge in [-0.05, 0) is 45.2 Å². The minimum atomic E-state index is 0.609. The van der Waals surface area contributed by atoms with E-state index in [1.807, 2.05) is 36.4 Å². The lowest BCUT2D eigenvalue weighted by Gasteiger charge is -2.10. The summed E-state index contributed by atoms with van der Waals surface area (Å²) in [6, 6.07) is 65.1. The fourth-order valence-electron chi connectivity index (χ4n) is 7.25. The van der Waals surface area contributed by atoms with Gasteiger partial charge in [-0.1, -0.05) is 176 Å². The quantitative estimate of drug-likeness (QED) is 0.176. The highest BCUT2D eigenvalue weighted by atomic mass is 16.3. The molecule has 0 aliphatic heterocycles. The predicted octanol–water partition coefficient (Wildman–Crippen LogP) is 12.9. The van der Waals surface area contributed by atoms with Gasteiger partial charge in [-0.2, -0.15) is 0 Å². The van der Waals surface area contributed by atoms with Crippen LogP contribution in [0.5, 0.6) is 0 Å². The molecule has 10 aromatic rings. The Morgan fingerprint density at radius 1 is 0.283 bits per heavy atom. The molecule has 0 saturated heterocycles. The molecule has 0 bridgehead atoms. The summed E-state index contributed by atoms with van der Waals surface area (Å²) in [4.78, 5) is 15.1. The van der Waals surface area contributed by atoms with E-state index in [0.717, 1.165) is 66.4 Å². The average Bonchev–Trinajstić information content (AvgIpc) is 3.63. The first kappa shape index (κ1) is 30.6. The van der Waals surface area contributed by atoms with E-state index in [2.05, 4.69) is 152 Å². The summed E-state index contributed by atoms with van der Waals surface area (Å²) < 4.78 is 6.74. The zero-order valence-corrected chi connectivity index (χ0v) is 28.6. The summed E-state index contributed by atoms with van der Waals surface area (Å²) in [5, 5.41) is 4.64. The number of furan rings is 1. The molecule has 2 aromatic heterocycles. The number of benzene rings is 8. The second-order valence-corrected chi connectivity index (χ2v) is 13.2. The number of aromatic nitrogens is 3. The van der Waals surface area contributed by atoms with Gasteiger partial charge in [0, 0.05) is 38.6 Å². The summed E-state index contributed by atoms with van der Waals surface area (Å²) in [5.41, 5.74) is 11.1. The van der Waals surface area contributed by atoms with E-state index in [0.29, 0.717) is 17.5 Å². The highest BCUT2D eigenvalue weighted by Gasteiger charge is 2.17. The third kappa shape index (κ3) is 5.63. The van der Waals surface area contributed by atoms with E-state index in [-0.39, 0.29) is 0 Å². The fraction of sp³-hybridized carbons (Fsp3) is 0. The molecular formula is C49H31N3O. The van der Waals surface area contributed by atoms with Gasteiger partial charge in [-0.3, -0.25) is 0 Å². The van der Waals surface area contributed by atoms with Crippen LogP contribution in [0.2, 0.25) is 0 Å². The van der Waals surface area contributed by atoms with E-state index < -0.39 is 0 Å². The number of rotatable bonds is 6. The molecule has 8 aromatic carbocycles. The lowest BCUT2D eigenvalue weighted by molar-refractivity contribution is 0.671. The second kappa shape index (κ2) is 12.9. The number of hydrogen-bond donors (Lipinski definition) is 0. The van der Waals surface area contributed by atoms with Crippen molar-refractivity contribution in [2.75, 3.05) is 0 Å². The second-order valence-electron chi connectivity index (χ2n) is 13.2. The molecule has 2 heterocycles. The zero-order valence-electron chi connectivity index (χ0n) is 28.6. The van der Waals surface area contributed by atoms with Gasteiger partial charge < -0.3 is 4.42 Å². The number of nitrogens with zero attached hydrogens (tertiary/aromatic N) is 3. The maximum Gasteiger partial charge on any atom is 0.164 e. The van der Waals surface area contributed by atoms with Crippen molar-refractivity contribution in [1.82, 2.24) is 15.0 Å². The topological polar surface area (TPSA) is 51.8 Å². The molecule has 4 heteroatoms. The number of hydrogen-bond acceptors (Lipinski definition) is 4. The van der Waals surface area contributed by atoms with E-state index in [9.17, 15) is 0 Å². The van der Waals surface area contributed by atoms with Crippen molar-refractivity contribution in [1.29, 1.82) is 0 Å². The first-order chi connectivity index (χ1) is 26.2. The summed E-state index contributed by atoms with van der Waals surface area (Å²) >= 11 is 0. The van der Waals surface area contributed by atoms with Crippen LogP contribution in [0.25, 0.3) is 100 Å². The summed E-state index contributed by atoms with van der Waals surface area (Å²) in [6.07, 6.45) is 0. The van der Waals surface area contributed by atoms with Crippen LogP contribution < -0.4 is 0 Å². The largest absolute Gasteiger partial charge is 0.455 e. The third-order valence-corrected chi connectivity index (χ3v) is 9.93. The molecule has 0 aliphatic carbocycles. The van der Waals surface area contributed by atoms with Gasteiger partial charge in [0.15, 0.2) is 17.5 Å². The van der Waals surface area contributed by atoms with Crippen LogP contribution in [-0.2, 0) is 0 Å². The number of para-hydroxylation sites is 2. The van der Waals surface area contributed by atoms with Crippen LogP contribution in [0.4, 0.5) is 0 Å². The van der Waals surface area contributed by atoms with Crippen molar-refractivity contribution in [3.63, 3.8) is 0 Å². The Kier molecular flexibility index (Phi) is 7.43. The molecule has 0 spiro atoms. The molecule has 248 valence electrons. The van der Waals surface area contributed by atoms with Crippen molar-refractivity contribution >= 4 is 32.7 Å². The lowest BCUT2D eigenvalue weighted by Crippen LogP contribution is -2.00. The Balaban J connectivity index is 1.07. The molecule has 0 amide bonds. The standard InChI is InChI=1S/C49H31N3O/c1-3-13-34(14-4-1)41-20-10-22-43-44-23-11-21-42(46(44)53-45(41)43)39-18-9-19-40(31-39)49-51-47(35-15-5-2-6-16-35)50-48(52-49)36-27-24-33(25-28-36)38-29-26-32-12-7-8-17-37(32)30-38/h1-31H. The minimum absolute atomic E-state index is 0.609. The van der Waals surface area contributed by atoms with Crippen molar-refractivity contribution in [2.45, 2.75) is 0 Å². The zero-order chi connectivity index (χ0) is 35.1. The average molecular weight is 678 g/mol. The van der Waals surface area contributed by atoms with Crippen LogP contribution >= 0.6 is 0 Å². The van der Waals surface area contributed by atoms with Crippen LogP contribution in [0.3, 0.4) is 0 Å². The van der Waals surface area contributed by atoms with Crippen LogP contribution in [-0.4, -0.2) is 15.0 Å². The van der Waals surface area contributed by atoms with Crippen molar-refractivity contribution < 1.29 is 4.42 Å². The highest BCUT2D eigenvalue weighted by molar-refractivity contribution is 6.13. The highest BCUT2D eigenvalue weighted by Crippen LogP contribution is 2.40. The Morgan fingerprint density at radius 3 is 1.43 bits per heavy atom. The van der Waals surface area contributed by atoms with Gasteiger partial charge >= 0.3 is 0 Å². The molecule has 53 heavy (non-hydrogen) atoms. The lowest BCUT2D eigenvalue weighted by atomic mass is 9.99.